The Morgan fingerprint density at radius 3 is 2.38 bits per heavy atom. The largest absolute Gasteiger partial charge is 0.480 e. The fraction of sp³-hybridized carbons (Fsp3) is 0.167. The molecule has 0 aliphatic carbocycles. The number of aromatic nitrogens is 1. The smallest absolute Gasteiger partial charge is 0.340 e. The van der Waals surface area contributed by atoms with Crippen LogP contribution in [0.1, 0.15) is 28.5 Å². The van der Waals surface area contributed by atoms with E-state index in [2.05, 4.69) is 0 Å². The van der Waals surface area contributed by atoms with Crippen LogP contribution in [0, 0.1) is 0 Å². The molecule has 0 aliphatic heterocycles. The molecule has 0 saturated carbocycles. The van der Waals surface area contributed by atoms with Crippen LogP contribution in [-0.4, -0.2) is 29.7 Å². The maximum Gasteiger partial charge on any atom is 0.340 e. The van der Waals surface area contributed by atoms with E-state index in [1.54, 1.807) is 6.07 Å². The number of hydrogen-bond acceptors (Lipinski definition) is 4. The number of carbonyl (C=O) groups excluding carboxylic acids is 2. The molecular formula is C24H21NO4. The highest BCUT2D eigenvalue weighted by molar-refractivity contribution is 6.07. The van der Waals surface area contributed by atoms with E-state index in [9.17, 15) is 9.59 Å². The van der Waals surface area contributed by atoms with Gasteiger partial charge >= 0.3 is 5.97 Å². The zero-order chi connectivity index (χ0) is 20.4. The summed E-state index contributed by atoms with van der Waals surface area (Å²) in [5.41, 5.74) is 1.01. The van der Waals surface area contributed by atoms with Gasteiger partial charge in [0.2, 0.25) is 0 Å². The Labute approximate surface area is 168 Å². The molecule has 29 heavy (non-hydrogen) atoms. The lowest BCUT2D eigenvalue weighted by Crippen LogP contribution is -2.31. The van der Waals surface area contributed by atoms with E-state index in [4.69, 9.17) is 9.47 Å². The van der Waals surface area contributed by atoms with E-state index in [1.807, 2.05) is 67.6 Å². The van der Waals surface area contributed by atoms with Crippen LogP contribution >= 0.6 is 0 Å². The SMILES string of the molecule is CC[C@H](Oc1cccc2ccccc12)C(=O)n1cc(C(=O)OC)c2ccccc21. The third-order valence-electron chi connectivity index (χ3n) is 5.02. The molecule has 1 heterocycles. The third kappa shape index (κ3) is 3.36. The van der Waals surface area contributed by atoms with Gasteiger partial charge in [0.25, 0.3) is 5.91 Å². The highest BCUT2D eigenvalue weighted by Crippen LogP contribution is 2.28. The van der Waals surface area contributed by atoms with Crippen molar-refractivity contribution in [2.45, 2.75) is 19.4 Å². The molecule has 1 atom stereocenters. The van der Waals surface area contributed by atoms with E-state index in [1.165, 1.54) is 17.9 Å². The van der Waals surface area contributed by atoms with Crippen LogP contribution in [0.15, 0.2) is 72.9 Å². The molecule has 0 amide bonds. The Hall–Kier alpha value is -3.60. The monoisotopic (exact) mass is 387 g/mol. The van der Waals surface area contributed by atoms with Crippen molar-refractivity contribution in [3.63, 3.8) is 0 Å². The number of rotatable bonds is 5. The van der Waals surface area contributed by atoms with Crippen LogP contribution in [0.3, 0.4) is 0 Å². The second kappa shape index (κ2) is 7.80. The first-order chi connectivity index (χ1) is 14.1. The van der Waals surface area contributed by atoms with Crippen LogP contribution in [-0.2, 0) is 4.74 Å². The minimum absolute atomic E-state index is 0.230. The minimum atomic E-state index is -0.692. The van der Waals surface area contributed by atoms with Crippen LogP contribution in [0.4, 0.5) is 0 Å². The summed E-state index contributed by atoms with van der Waals surface area (Å²) >= 11 is 0. The maximum atomic E-state index is 13.3. The van der Waals surface area contributed by atoms with Crippen molar-refractivity contribution >= 4 is 33.6 Å². The normalized spacial score (nSPS) is 12.1. The van der Waals surface area contributed by atoms with Crippen molar-refractivity contribution < 1.29 is 19.1 Å². The Morgan fingerprint density at radius 2 is 1.62 bits per heavy atom. The fourth-order valence-corrected chi connectivity index (χ4v) is 3.55. The summed E-state index contributed by atoms with van der Waals surface area (Å²) < 4.78 is 12.5. The second-order valence-electron chi connectivity index (χ2n) is 6.75. The number of carbonyl (C=O) groups is 2. The van der Waals surface area contributed by atoms with Gasteiger partial charge in [0.15, 0.2) is 6.10 Å². The average molecular weight is 387 g/mol. The van der Waals surface area contributed by atoms with Gasteiger partial charge in [0.05, 0.1) is 18.2 Å². The molecule has 0 unspecified atom stereocenters. The van der Waals surface area contributed by atoms with Crippen molar-refractivity contribution in [3.05, 3.63) is 78.5 Å². The third-order valence-corrected chi connectivity index (χ3v) is 5.02. The first-order valence-corrected chi connectivity index (χ1v) is 9.51. The molecule has 0 spiro atoms. The standard InChI is InChI=1S/C24H21NO4/c1-3-21(29-22-14-8-10-16-9-4-5-11-17(16)22)23(26)25-15-19(24(27)28-2)18-12-6-7-13-20(18)25/h4-15,21H,3H2,1-2H3/t21-/m0/s1. The van der Waals surface area contributed by atoms with Gasteiger partial charge < -0.3 is 9.47 Å². The predicted octanol–water partition coefficient (Wildman–Crippen LogP) is 5.08. The average Bonchev–Trinajstić information content (AvgIpc) is 3.16. The Kier molecular flexibility index (Phi) is 5.04. The van der Waals surface area contributed by atoms with Gasteiger partial charge in [0, 0.05) is 17.0 Å². The van der Waals surface area contributed by atoms with Gasteiger partial charge in [0.1, 0.15) is 5.75 Å². The van der Waals surface area contributed by atoms with E-state index in [0.29, 0.717) is 28.6 Å². The molecule has 4 aromatic rings. The van der Waals surface area contributed by atoms with Gasteiger partial charge in [-0.25, -0.2) is 4.79 Å². The minimum Gasteiger partial charge on any atom is -0.480 e. The zero-order valence-electron chi connectivity index (χ0n) is 16.3. The number of benzene rings is 3. The quantitative estimate of drug-likeness (QED) is 0.448. The number of para-hydroxylation sites is 1. The molecule has 0 N–H and O–H groups in total. The van der Waals surface area contributed by atoms with Gasteiger partial charge in [-0.15, -0.1) is 0 Å². The van der Waals surface area contributed by atoms with Gasteiger partial charge in [-0.2, -0.15) is 0 Å². The number of methoxy groups -OCH3 is 1. The Balaban J connectivity index is 1.74. The molecule has 5 heteroatoms. The fourth-order valence-electron chi connectivity index (χ4n) is 3.55. The van der Waals surface area contributed by atoms with Crippen molar-refractivity contribution in [1.82, 2.24) is 4.57 Å². The number of esters is 1. The highest BCUT2D eigenvalue weighted by atomic mass is 16.5. The second-order valence-corrected chi connectivity index (χ2v) is 6.75. The van der Waals surface area contributed by atoms with E-state index < -0.39 is 12.1 Å². The lowest BCUT2D eigenvalue weighted by atomic mass is 10.1. The summed E-state index contributed by atoms with van der Waals surface area (Å²) in [4.78, 5) is 25.5. The van der Waals surface area contributed by atoms with Crippen molar-refractivity contribution in [2.75, 3.05) is 7.11 Å². The van der Waals surface area contributed by atoms with Crippen molar-refractivity contribution in [2.24, 2.45) is 0 Å². The summed E-state index contributed by atoms with van der Waals surface area (Å²) in [7, 11) is 1.33. The number of nitrogens with zero attached hydrogens (tertiary/aromatic N) is 1. The molecule has 0 saturated heterocycles. The van der Waals surface area contributed by atoms with Crippen LogP contribution in [0.2, 0.25) is 0 Å². The molecule has 3 aromatic carbocycles. The maximum absolute atomic E-state index is 13.3. The molecule has 0 aliphatic rings. The van der Waals surface area contributed by atoms with Crippen LogP contribution < -0.4 is 4.74 Å². The molecule has 4 rings (SSSR count). The summed E-state index contributed by atoms with van der Waals surface area (Å²) in [5.74, 6) is -0.0458. The van der Waals surface area contributed by atoms with Crippen molar-refractivity contribution in [1.29, 1.82) is 0 Å². The topological polar surface area (TPSA) is 57.5 Å². The molecular weight excluding hydrogens is 366 g/mol. The molecule has 146 valence electrons. The summed E-state index contributed by atoms with van der Waals surface area (Å²) in [6.07, 6.45) is 1.33. The van der Waals surface area contributed by atoms with Crippen LogP contribution in [0.5, 0.6) is 5.75 Å². The summed E-state index contributed by atoms with van der Waals surface area (Å²) in [5, 5.41) is 2.67. The Morgan fingerprint density at radius 1 is 0.931 bits per heavy atom. The van der Waals surface area contributed by atoms with Crippen LogP contribution in [0.25, 0.3) is 21.7 Å². The van der Waals surface area contributed by atoms with E-state index in [-0.39, 0.29) is 5.91 Å². The lowest BCUT2D eigenvalue weighted by Gasteiger charge is -2.18. The first-order valence-electron chi connectivity index (χ1n) is 9.51. The molecule has 5 nitrogen and oxygen atoms in total. The zero-order valence-corrected chi connectivity index (χ0v) is 16.3. The van der Waals surface area contributed by atoms with Gasteiger partial charge in [-0.3, -0.25) is 9.36 Å². The first kappa shape index (κ1) is 18.7. The van der Waals surface area contributed by atoms with E-state index >= 15 is 0 Å². The molecule has 1 aromatic heterocycles. The number of fused-ring (bicyclic) bond motifs is 2. The lowest BCUT2D eigenvalue weighted by molar-refractivity contribution is 0.0602. The molecule has 0 radical (unpaired) electrons. The van der Waals surface area contributed by atoms with Crippen molar-refractivity contribution in [3.8, 4) is 5.75 Å². The highest BCUT2D eigenvalue weighted by Gasteiger charge is 2.25. The molecule has 0 fully saturated rings. The summed E-state index contributed by atoms with van der Waals surface area (Å²) in [6, 6.07) is 21.0. The van der Waals surface area contributed by atoms with E-state index in [0.717, 1.165) is 10.8 Å². The molecule has 0 bridgehead atoms. The van der Waals surface area contributed by atoms with Gasteiger partial charge in [-0.1, -0.05) is 61.5 Å². The number of hydrogen-bond donors (Lipinski definition) is 0. The summed E-state index contributed by atoms with van der Waals surface area (Å²) in [6.45, 7) is 1.90. The van der Waals surface area contributed by atoms with Gasteiger partial charge in [-0.05, 0) is 23.9 Å². The predicted molar refractivity (Wildman–Crippen MR) is 113 cm³/mol. The Bertz CT molecular complexity index is 1200. The number of ether oxygens (including phenoxy) is 2.